The molecule has 1 amide bonds. The second kappa shape index (κ2) is 6.92. The van der Waals surface area contributed by atoms with Gasteiger partial charge in [-0.1, -0.05) is 18.2 Å². The van der Waals surface area contributed by atoms with Crippen LogP contribution in [0, 0.1) is 0 Å². The molecule has 5 nitrogen and oxygen atoms in total. The van der Waals surface area contributed by atoms with E-state index in [9.17, 15) is 4.79 Å². The lowest BCUT2D eigenvalue weighted by molar-refractivity contribution is -0.120. The number of carbonyl (C=O) groups excluding carboxylic acids is 1. The number of carbonyl (C=O) groups is 1. The van der Waals surface area contributed by atoms with Crippen LogP contribution < -0.4 is 15.0 Å². The zero-order valence-corrected chi connectivity index (χ0v) is 12.7. The average molecular weight is 287 g/mol. The summed E-state index contributed by atoms with van der Waals surface area (Å²) in [6, 6.07) is 8.02. The molecule has 0 fully saturated rings. The number of benzene rings is 1. The van der Waals surface area contributed by atoms with E-state index in [1.807, 2.05) is 24.4 Å². The summed E-state index contributed by atoms with van der Waals surface area (Å²) in [6.45, 7) is 3.55. The van der Waals surface area contributed by atoms with Crippen molar-refractivity contribution in [2.45, 2.75) is 13.3 Å². The first-order chi connectivity index (χ1) is 10.2. The smallest absolute Gasteiger partial charge is 0.221 e. The van der Waals surface area contributed by atoms with Gasteiger partial charge in [0.2, 0.25) is 11.8 Å². The Kier molecular flexibility index (Phi) is 4.98. The van der Waals surface area contributed by atoms with Gasteiger partial charge in [-0.05, 0) is 13.0 Å². The van der Waals surface area contributed by atoms with Crippen LogP contribution in [0.15, 0.2) is 30.5 Å². The molecule has 0 spiro atoms. The first-order valence-electron chi connectivity index (χ1n) is 7.08. The number of anilines is 1. The van der Waals surface area contributed by atoms with Crippen molar-refractivity contribution in [3.63, 3.8) is 0 Å². The molecule has 0 saturated heterocycles. The third kappa shape index (κ3) is 3.24. The molecule has 21 heavy (non-hydrogen) atoms. The lowest BCUT2D eigenvalue weighted by atomic mass is 10.1. The maximum absolute atomic E-state index is 11.5. The number of hydrogen-bond acceptors (Lipinski definition) is 4. The molecule has 2 aromatic rings. The molecule has 0 aliphatic rings. The minimum Gasteiger partial charge on any atom is -0.481 e. The Bertz CT molecular complexity index is 628. The standard InChI is InChI=1S/C16H21N3O2/c1-4-19(10-9-15(20)17-2)14-11-18-16(21-3)13-8-6-5-7-12(13)14/h5-8,11H,4,9-10H2,1-3H3,(H,17,20). The summed E-state index contributed by atoms with van der Waals surface area (Å²) in [4.78, 5) is 18.0. The monoisotopic (exact) mass is 287 g/mol. The predicted molar refractivity (Wildman–Crippen MR) is 84.9 cm³/mol. The van der Waals surface area contributed by atoms with Gasteiger partial charge in [0.25, 0.3) is 0 Å². The minimum absolute atomic E-state index is 0.0410. The van der Waals surface area contributed by atoms with E-state index in [1.165, 1.54) is 0 Å². The van der Waals surface area contributed by atoms with Gasteiger partial charge in [0.05, 0.1) is 19.0 Å². The molecule has 1 aromatic carbocycles. The molecule has 0 bridgehead atoms. The fourth-order valence-corrected chi connectivity index (χ4v) is 2.38. The van der Waals surface area contributed by atoms with Gasteiger partial charge in [-0.2, -0.15) is 0 Å². The summed E-state index contributed by atoms with van der Waals surface area (Å²) < 4.78 is 5.32. The second-order valence-corrected chi connectivity index (χ2v) is 4.70. The lowest BCUT2D eigenvalue weighted by Gasteiger charge is -2.24. The highest BCUT2D eigenvalue weighted by Gasteiger charge is 2.13. The van der Waals surface area contributed by atoms with Crippen LogP contribution >= 0.6 is 0 Å². The van der Waals surface area contributed by atoms with Crippen LogP contribution in [0.1, 0.15) is 13.3 Å². The van der Waals surface area contributed by atoms with Crippen LogP contribution in [0.25, 0.3) is 10.8 Å². The highest BCUT2D eigenvalue weighted by Crippen LogP contribution is 2.31. The molecular weight excluding hydrogens is 266 g/mol. The van der Waals surface area contributed by atoms with Crippen molar-refractivity contribution in [1.29, 1.82) is 0 Å². The number of rotatable bonds is 6. The van der Waals surface area contributed by atoms with Gasteiger partial charge in [0.1, 0.15) is 0 Å². The lowest BCUT2D eigenvalue weighted by Crippen LogP contribution is -2.29. The summed E-state index contributed by atoms with van der Waals surface area (Å²) in [5.74, 6) is 0.663. The summed E-state index contributed by atoms with van der Waals surface area (Å²) in [7, 11) is 3.28. The molecule has 1 heterocycles. The quantitative estimate of drug-likeness (QED) is 0.885. The molecule has 0 aliphatic heterocycles. The summed E-state index contributed by atoms with van der Waals surface area (Å²) >= 11 is 0. The number of aromatic nitrogens is 1. The summed E-state index contributed by atoms with van der Waals surface area (Å²) in [5, 5.41) is 4.72. The average Bonchev–Trinajstić information content (AvgIpc) is 2.54. The summed E-state index contributed by atoms with van der Waals surface area (Å²) in [5.41, 5.74) is 1.03. The molecule has 1 N–H and O–H groups in total. The molecule has 0 aliphatic carbocycles. The molecule has 112 valence electrons. The highest BCUT2D eigenvalue weighted by atomic mass is 16.5. The van der Waals surface area contributed by atoms with E-state index in [2.05, 4.69) is 28.2 Å². The van der Waals surface area contributed by atoms with Crippen molar-refractivity contribution in [3.05, 3.63) is 30.5 Å². The van der Waals surface area contributed by atoms with E-state index in [0.717, 1.165) is 23.0 Å². The van der Waals surface area contributed by atoms with E-state index in [4.69, 9.17) is 4.74 Å². The second-order valence-electron chi connectivity index (χ2n) is 4.70. The van der Waals surface area contributed by atoms with E-state index in [1.54, 1.807) is 14.2 Å². The number of nitrogens with zero attached hydrogens (tertiary/aromatic N) is 2. The topological polar surface area (TPSA) is 54.5 Å². The van der Waals surface area contributed by atoms with Gasteiger partial charge in [0, 0.05) is 37.3 Å². The third-order valence-electron chi connectivity index (χ3n) is 3.54. The number of hydrogen-bond donors (Lipinski definition) is 1. The number of ether oxygens (including phenoxy) is 1. The molecular formula is C16H21N3O2. The van der Waals surface area contributed by atoms with E-state index < -0.39 is 0 Å². The molecule has 1 aromatic heterocycles. The fraction of sp³-hybridized carbons (Fsp3) is 0.375. The molecule has 0 radical (unpaired) electrons. The fourth-order valence-electron chi connectivity index (χ4n) is 2.38. The van der Waals surface area contributed by atoms with Crippen molar-refractivity contribution >= 4 is 22.4 Å². The van der Waals surface area contributed by atoms with Crippen molar-refractivity contribution in [3.8, 4) is 5.88 Å². The minimum atomic E-state index is 0.0410. The Morgan fingerprint density at radius 1 is 1.33 bits per heavy atom. The number of amides is 1. The first kappa shape index (κ1) is 15.1. The SMILES string of the molecule is CCN(CCC(=O)NC)c1cnc(OC)c2ccccc12. The van der Waals surface area contributed by atoms with Gasteiger partial charge in [0.15, 0.2) is 0 Å². The molecule has 5 heteroatoms. The van der Waals surface area contributed by atoms with Gasteiger partial charge in [-0.3, -0.25) is 4.79 Å². The predicted octanol–water partition coefficient (Wildman–Crippen LogP) is 2.21. The Labute approximate surface area is 124 Å². The number of nitrogens with one attached hydrogen (secondary N) is 1. The van der Waals surface area contributed by atoms with Crippen molar-refractivity contribution in [2.24, 2.45) is 0 Å². The Morgan fingerprint density at radius 3 is 2.67 bits per heavy atom. The van der Waals surface area contributed by atoms with Crippen LogP contribution in [0.3, 0.4) is 0 Å². The normalized spacial score (nSPS) is 10.4. The largest absolute Gasteiger partial charge is 0.481 e. The van der Waals surface area contributed by atoms with Crippen molar-refractivity contribution in [1.82, 2.24) is 10.3 Å². The number of fused-ring (bicyclic) bond motifs is 1. The molecule has 0 unspecified atom stereocenters. The van der Waals surface area contributed by atoms with Gasteiger partial charge < -0.3 is 15.0 Å². The van der Waals surface area contributed by atoms with Crippen LogP contribution in [0.5, 0.6) is 5.88 Å². The van der Waals surface area contributed by atoms with Crippen LogP contribution in [0.4, 0.5) is 5.69 Å². The van der Waals surface area contributed by atoms with Gasteiger partial charge in [-0.25, -0.2) is 4.98 Å². The highest BCUT2D eigenvalue weighted by molar-refractivity contribution is 5.97. The van der Waals surface area contributed by atoms with Gasteiger partial charge in [-0.15, -0.1) is 0 Å². The third-order valence-corrected chi connectivity index (χ3v) is 3.54. The molecule has 0 atom stereocenters. The Hall–Kier alpha value is -2.30. The zero-order chi connectivity index (χ0) is 15.2. The van der Waals surface area contributed by atoms with Crippen molar-refractivity contribution < 1.29 is 9.53 Å². The van der Waals surface area contributed by atoms with Crippen molar-refractivity contribution in [2.75, 3.05) is 32.1 Å². The van der Waals surface area contributed by atoms with E-state index >= 15 is 0 Å². The van der Waals surface area contributed by atoms with Gasteiger partial charge >= 0.3 is 0 Å². The first-order valence-corrected chi connectivity index (χ1v) is 7.08. The Balaban J connectivity index is 2.37. The molecule has 2 rings (SSSR count). The maximum atomic E-state index is 11.5. The summed E-state index contributed by atoms with van der Waals surface area (Å²) in [6.07, 6.45) is 2.28. The van der Waals surface area contributed by atoms with E-state index in [-0.39, 0.29) is 5.91 Å². The maximum Gasteiger partial charge on any atom is 0.221 e. The number of methoxy groups -OCH3 is 1. The van der Waals surface area contributed by atoms with Crippen LogP contribution in [-0.4, -0.2) is 38.1 Å². The zero-order valence-electron chi connectivity index (χ0n) is 12.7. The number of pyridine rings is 1. The molecule has 0 saturated carbocycles. The van der Waals surface area contributed by atoms with Crippen LogP contribution in [0.2, 0.25) is 0 Å². The van der Waals surface area contributed by atoms with E-state index in [0.29, 0.717) is 18.8 Å². The Morgan fingerprint density at radius 2 is 2.05 bits per heavy atom. The van der Waals surface area contributed by atoms with Crippen LogP contribution in [-0.2, 0) is 4.79 Å².